The van der Waals surface area contributed by atoms with E-state index in [2.05, 4.69) is 15.6 Å². The number of aromatic nitrogens is 3. The van der Waals surface area contributed by atoms with Crippen molar-refractivity contribution in [2.24, 2.45) is 0 Å². The molecule has 1 amide bonds. The van der Waals surface area contributed by atoms with Crippen LogP contribution in [0.2, 0.25) is 0 Å². The molecular formula is C22H18N4O4. The first-order valence-corrected chi connectivity index (χ1v) is 9.31. The number of benzene rings is 2. The second-order valence-corrected chi connectivity index (χ2v) is 6.28. The van der Waals surface area contributed by atoms with Crippen LogP contribution in [0.25, 0.3) is 16.9 Å². The summed E-state index contributed by atoms with van der Waals surface area (Å²) >= 11 is 0. The minimum atomic E-state index is -0.507. The molecule has 2 aromatic heterocycles. The number of amides is 1. The number of rotatable bonds is 6. The van der Waals surface area contributed by atoms with Crippen LogP contribution < -0.4 is 5.32 Å². The third kappa shape index (κ3) is 3.97. The summed E-state index contributed by atoms with van der Waals surface area (Å²) in [5.74, 6) is -0.876. The number of carbonyl (C=O) groups is 2. The molecule has 0 bridgehead atoms. The molecule has 8 heteroatoms. The second-order valence-electron chi connectivity index (χ2n) is 6.28. The van der Waals surface area contributed by atoms with Gasteiger partial charge in [-0.2, -0.15) is 5.10 Å². The van der Waals surface area contributed by atoms with Gasteiger partial charge in [-0.05, 0) is 25.1 Å². The van der Waals surface area contributed by atoms with Crippen molar-refractivity contribution in [3.05, 3.63) is 84.4 Å². The van der Waals surface area contributed by atoms with E-state index in [4.69, 9.17) is 9.26 Å². The number of carbonyl (C=O) groups excluding carboxylic acids is 2. The fourth-order valence-electron chi connectivity index (χ4n) is 2.86. The molecule has 0 aliphatic carbocycles. The van der Waals surface area contributed by atoms with Crippen LogP contribution in [-0.4, -0.2) is 33.4 Å². The smallest absolute Gasteiger partial charge is 0.358 e. The molecule has 8 nitrogen and oxygen atoms in total. The van der Waals surface area contributed by atoms with Gasteiger partial charge in [0.1, 0.15) is 5.69 Å². The lowest BCUT2D eigenvalue weighted by molar-refractivity contribution is 0.0519. The number of nitrogens with zero attached hydrogens (tertiary/aromatic N) is 3. The van der Waals surface area contributed by atoms with E-state index in [-0.39, 0.29) is 18.1 Å². The van der Waals surface area contributed by atoms with Crippen molar-refractivity contribution < 1.29 is 18.8 Å². The van der Waals surface area contributed by atoms with Crippen LogP contribution in [0.1, 0.15) is 28.0 Å². The number of nitrogens with one attached hydrogen (secondary N) is 1. The van der Waals surface area contributed by atoms with Crippen LogP contribution >= 0.6 is 0 Å². The average Bonchev–Trinajstić information content (AvgIpc) is 3.45. The molecule has 150 valence electrons. The van der Waals surface area contributed by atoms with E-state index >= 15 is 0 Å². The predicted molar refractivity (Wildman–Crippen MR) is 109 cm³/mol. The molecule has 0 fully saturated rings. The fraction of sp³-hybridized carbons (Fsp3) is 0.0909. The first-order valence-electron chi connectivity index (χ1n) is 9.31. The summed E-state index contributed by atoms with van der Waals surface area (Å²) in [5.41, 5.74) is 2.69. The summed E-state index contributed by atoms with van der Waals surface area (Å²) in [5, 5.41) is 11.0. The molecule has 0 atom stereocenters. The maximum Gasteiger partial charge on any atom is 0.358 e. The molecular weight excluding hydrogens is 384 g/mol. The van der Waals surface area contributed by atoms with E-state index in [1.165, 1.54) is 4.68 Å². The zero-order valence-electron chi connectivity index (χ0n) is 16.1. The molecule has 30 heavy (non-hydrogen) atoms. The lowest BCUT2D eigenvalue weighted by Crippen LogP contribution is -2.13. The SMILES string of the molecule is CCOC(=O)c1ccn(-c2ccccc2NC(=O)c2cc(-c3ccccc3)no2)n1. The van der Waals surface area contributed by atoms with E-state index in [1.54, 1.807) is 49.5 Å². The standard InChI is InChI=1S/C22H18N4O4/c1-2-29-22(28)17-12-13-26(24-17)19-11-7-6-10-16(19)23-21(27)20-14-18(25-30-20)15-8-4-3-5-9-15/h3-14H,2H2,1H3,(H,23,27). The van der Waals surface area contributed by atoms with E-state index < -0.39 is 11.9 Å². The molecule has 0 spiro atoms. The molecule has 0 unspecified atom stereocenters. The minimum absolute atomic E-state index is 0.0799. The summed E-state index contributed by atoms with van der Waals surface area (Å²) in [7, 11) is 0. The van der Waals surface area contributed by atoms with Gasteiger partial charge in [-0.1, -0.05) is 47.6 Å². The highest BCUT2D eigenvalue weighted by atomic mass is 16.5. The molecule has 0 aliphatic heterocycles. The van der Waals surface area contributed by atoms with Crippen molar-refractivity contribution in [2.75, 3.05) is 11.9 Å². The van der Waals surface area contributed by atoms with Crippen molar-refractivity contribution in [3.63, 3.8) is 0 Å². The Labute approximate surface area is 172 Å². The van der Waals surface area contributed by atoms with Crippen molar-refractivity contribution in [1.82, 2.24) is 14.9 Å². The third-order valence-electron chi connectivity index (χ3n) is 4.28. The Kier molecular flexibility index (Phi) is 5.38. The highest BCUT2D eigenvalue weighted by molar-refractivity contribution is 6.03. The normalized spacial score (nSPS) is 10.6. The second kappa shape index (κ2) is 8.44. The van der Waals surface area contributed by atoms with E-state index in [1.807, 2.05) is 30.3 Å². The number of ether oxygens (including phenoxy) is 1. The zero-order chi connectivity index (χ0) is 20.9. The van der Waals surface area contributed by atoms with Gasteiger partial charge in [-0.25, -0.2) is 9.48 Å². The molecule has 0 saturated heterocycles. The van der Waals surface area contributed by atoms with Gasteiger partial charge in [0.2, 0.25) is 5.76 Å². The predicted octanol–water partition coefficient (Wildman–Crippen LogP) is 3.96. The van der Waals surface area contributed by atoms with Gasteiger partial charge in [0.15, 0.2) is 5.69 Å². The largest absolute Gasteiger partial charge is 0.461 e. The number of hydrogen-bond donors (Lipinski definition) is 1. The van der Waals surface area contributed by atoms with Gasteiger partial charge in [0, 0.05) is 17.8 Å². The molecule has 1 N–H and O–H groups in total. The van der Waals surface area contributed by atoms with E-state index in [0.29, 0.717) is 17.1 Å². The third-order valence-corrected chi connectivity index (χ3v) is 4.28. The molecule has 2 aromatic carbocycles. The van der Waals surface area contributed by atoms with Gasteiger partial charge in [0.05, 0.1) is 18.0 Å². The number of para-hydroxylation sites is 2. The van der Waals surface area contributed by atoms with Crippen LogP contribution in [0.5, 0.6) is 0 Å². The first-order chi connectivity index (χ1) is 14.7. The highest BCUT2D eigenvalue weighted by Gasteiger charge is 2.17. The van der Waals surface area contributed by atoms with Crippen molar-refractivity contribution in [3.8, 4) is 16.9 Å². The summed E-state index contributed by atoms with van der Waals surface area (Å²) in [6.07, 6.45) is 1.62. The van der Waals surface area contributed by atoms with Crippen LogP contribution in [-0.2, 0) is 4.74 Å². The van der Waals surface area contributed by atoms with Gasteiger partial charge in [-0.3, -0.25) is 4.79 Å². The summed E-state index contributed by atoms with van der Waals surface area (Å²) in [4.78, 5) is 24.6. The van der Waals surface area contributed by atoms with Gasteiger partial charge >= 0.3 is 5.97 Å². The van der Waals surface area contributed by atoms with E-state index in [9.17, 15) is 9.59 Å². The quantitative estimate of drug-likeness (QED) is 0.490. The average molecular weight is 402 g/mol. The maximum atomic E-state index is 12.7. The Balaban J connectivity index is 1.56. The lowest BCUT2D eigenvalue weighted by Gasteiger charge is -2.09. The molecule has 0 radical (unpaired) electrons. The first kappa shape index (κ1) is 19.1. The Bertz CT molecular complexity index is 1180. The van der Waals surface area contributed by atoms with Crippen LogP contribution in [0.3, 0.4) is 0 Å². The Morgan fingerprint density at radius 2 is 1.83 bits per heavy atom. The van der Waals surface area contributed by atoms with Crippen molar-refractivity contribution >= 4 is 17.6 Å². The number of hydrogen-bond acceptors (Lipinski definition) is 6. The molecule has 0 saturated carbocycles. The Morgan fingerprint density at radius 1 is 1.07 bits per heavy atom. The summed E-state index contributed by atoms with van der Waals surface area (Å²) in [6.45, 7) is 1.99. The van der Waals surface area contributed by atoms with Gasteiger partial charge in [0.25, 0.3) is 5.91 Å². The zero-order valence-corrected chi connectivity index (χ0v) is 16.1. The number of anilines is 1. The fourth-order valence-corrected chi connectivity index (χ4v) is 2.86. The van der Waals surface area contributed by atoms with E-state index in [0.717, 1.165) is 5.56 Å². The van der Waals surface area contributed by atoms with Crippen molar-refractivity contribution in [2.45, 2.75) is 6.92 Å². The topological polar surface area (TPSA) is 99.2 Å². The summed E-state index contributed by atoms with van der Waals surface area (Å²) in [6, 6.07) is 19.7. The molecule has 4 rings (SSSR count). The highest BCUT2D eigenvalue weighted by Crippen LogP contribution is 2.22. The monoisotopic (exact) mass is 402 g/mol. The Hall–Kier alpha value is -4.20. The van der Waals surface area contributed by atoms with Crippen LogP contribution in [0, 0.1) is 0 Å². The minimum Gasteiger partial charge on any atom is -0.461 e. The lowest BCUT2D eigenvalue weighted by atomic mass is 10.1. The van der Waals surface area contributed by atoms with Crippen LogP contribution in [0.4, 0.5) is 5.69 Å². The van der Waals surface area contributed by atoms with Gasteiger partial charge in [-0.15, -0.1) is 0 Å². The summed E-state index contributed by atoms with van der Waals surface area (Å²) < 4.78 is 11.7. The Morgan fingerprint density at radius 3 is 2.63 bits per heavy atom. The molecule has 2 heterocycles. The number of esters is 1. The molecule has 4 aromatic rings. The van der Waals surface area contributed by atoms with Crippen LogP contribution in [0.15, 0.2) is 77.4 Å². The van der Waals surface area contributed by atoms with Gasteiger partial charge < -0.3 is 14.6 Å². The maximum absolute atomic E-state index is 12.7. The van der Waals surface area contributed by atoms with Crippen molar-refractivity contribution in [1.29, 1.82) is 0 Å². The molecule has 0 aliphatic rings.